The monoisotopic (exact) mass is 386 g/mol. The molecule has 0 amide bonds. The molecule has 1 unspecified atom stereocenters. The number of aromatic nitrogens is 3. The molecule has 27 heavy (non-hydrogen) atoms. The standard InChI is InChI=1S/C19H22N4O3S/c1-3-15-20-19-23(21-15)18(25)17(27-19)16(22-9-7-13(24)8-10-22)12-5-4-6-14(11-12)26-2/h4-6,11,16,25H,3,7-10H2,1-2H3. The number of nitrogens with zero attached hydrogens (tertiary/aromatic N) is 4. The number of benzene rings is 1. The highest BCUT2D eigenvalue weighted by molar-refractivity contribution is 7.17. The van der Waals surface area contributed by atoms with Gasteiger partial charge in [0.05, 0.1) is 18.0 Å². The van der Waals surface area contributed by atoms with E-state index in [-0.39, 0.29) is 17.7 Å². The highest BCUT2D eigenvalue weighted by atomic mass is 32.1. The van der Waals surface area contributed by atoms with E-state index in [1.165, 1.54) is 15.9 Å². The van der Waals surface area contributed by atoms with Gasteiger partial charge in [-0.2, -0.15) is 4.52 Å². The molecule has 3 aromatic rings. The van der Waals surface area contributed by atoms with Crippen LogP contribution in [-0.2, 0) is 11.2 Å². The summed E-state index contributed by atoms with van der Waals surface area (Å²) in [6.07, 6.45) is 1.78. The minimum atomic E-state index is -0.174. The van der Waals surface area contributed by atoms with Crippen LogP contribution in [0, 0.1) is 0 Å². The molecule has 142 valence electrons. The maximum absolute atomic E-state index is 11.7. The third-order valence-corrected chi connectivity index (χ3v) is 6.01. The van der Waals surface area contributed by atoms with Gasteiger partial charge in [-0.05, 0) is 17.7 Å². The summed E-state index contributed by atoms with van der Waals surface area (Å²) in [6, 6.07) is 7.67. The SMILES string of the molecule is CCc1nc2sc(C(c3cccc(OC)c3)N3CCC(=O)CC3)c(O)n2n1. The second-order valence-electron chi connectivity index (χ2n) is 6.62. The molecule has 1 aliphatic heterocycles. The summed E-state index contributed by atoms with van der Waals surface area (Å²) >= 11 is 1.44. The fourth-order valence-corrected chi connectivity index (χ4v) is 4.63. The molecule has 1 saturated heterocycles. The van der Waals surface area contributed by atoms with Gasteiger partial charge in [-0.3, -0.25) is 9.69 Å². The highest BCUT2D eigenvalue weighted by Crippen LogP contribution is 2.41. The highest BCUT2D eigenvalue weighted by Gasteiger charge is 2.32. The second kappa shape index (κ2) is 7.28. The molecule has 1 N–H and O–H groups in total. The summed E-state index contributed by atoms with van der Waals surface area (Å²) in [6.45, 7) is 3.31. The maximum Gasteiger partial charge on any atom is 0.230 e. The molecule has 0 bridgehead atoms. The van der Waals surface area contributed by atoms with Crippen molar-refractivity contribution in [3.8, 4) is 11.6 Å². The van der Waals surface area contributed by atoms with Crippen LogP contribution in [0.3, 0.4) is 0 Å². The van der Waals surface area contributed by atoms with Crippen LogP contribution in [0.2, 0.25) is 0 Å². The minimum Gasteiger partial charge on any atom is -0.497 e. The molecule has 3 heterocycles. The predicted octanol–water partition coefficient (Wildman–Crippen LogP) is 2.82. The number of fused-ring (bicyclic) bond motifs is 1. The van der Waals surface area contributed by atoms with Gasteiger partial charge in [0.1, 0.15) is 11.5 Å². The third kappa shape index (κ3) is 3.30. The number of aromatic hydroxyl groups is 1. The lowest BCUT2D eigenvalue weighted by atomic mass is 9.99. The number of methoxy groups -OCH3 is 1. The fraction of sp³-hybridized carbons (Fsp3) is 0.421. The average Bonchev–Trinajstić information content (AvgIpc) is 3.23. The number of likely N-dealkylation sites (tertiary alicyclic amines) is 1. The first-order valence-corrected chi connectivity index (χ1v) is 9.89. The molecule has 1 aliphatic rings. The van der Waals surface area contributed by atoms with E-state index in [9.17, 15) is 9.90 Å². The van der Waals surface area contributed by atoms with Crippen LogP contribution in [-0.4, -0.2) is 50.6 Å². The van der Waals surface area contributed by atoms with Gasteiger partial charge in [0.2, 0.25) is 10.8 Å². The van der Waals surface area contributed by atoms with Gasteiger partial charge in [0, 0.05) is 32.4 Å². The lowest BCUT2D eigenvalue weighted by Crippen LogP contribution is -2.37. The van der Waals surface area contributed by atoms with Gasteiger partial charge in [-0.15, -0.1) is 5.10 Å². The van der Waals surface area contributed by atoms with Gasteiger partial charge >= 0.3 is 0 Å². The molecule has 1 aromatic carbocycles. The zero-order valence-corrected chi connectivity index (χ0v) is 16.2. The predicted molar refractivity (Wildman–Crippen MR) is 103 cm³/mol. The lowest BCUT2D eigenvalue weighted by Gasteiger charge is -2.33. The minimum absolute atomic E-state index is 0.118. The van der Waals surface area contributed by atoms with Gasteiger partial charge < -0.3 is 9.84 Å². The largest absolute Gasteiger partial charge is 0.497 e. The topological polar surface area (TPSA) is 80.0 Å². The van der Waals surface area contributed by atoms with Crippen LogP contribution in [0.1, 0.15) is 42.1 Å². The summed E-state index contributed by atoms with van der Waals surface area (Å²) in [5.41, 5.74) is 1.01. The Bertz CT molecular complexity index is 971. The van der Waals surface area contributed by atoms with Crippen molar-refractivity contribution in [2.45, 2.75) is 32.2 Å². The van der Waals surface area contributed by atoms with Gasteiger partial charge in [0.15, 0.2) is 5.82 Å². The molecular weight excluding hydrogens is 364 g/mol. The lowest BCUT2D eigenvalue weighted by molar-refractivity contribution is -0.121. The maximum atomic E-state index is 11.7. The van der Waals surface area contributed by atoms with Gasteiger partial charge in [-0.1, -0.05) is 30.4 Å². The van der Waals surface area contributed by atoms with E-state index in [0.717, 1.165) is 22.6 Å². The van der Waals surface area contributed by atoms with E-state index in [1.807, 2.05) is 31.2 Å². The Kier molecular flexibility index (Phi) is 4.84. The molecule has 4 rings (SSSR count). The third-order valence-electron chi connectivity index (χ3n) is 4.94. The number of Topliss-reactive ketones (excluding diaryl/α,β-unsaturated/α-hetero) is 1. The van der Waals surface area contributed by atoms with Crippen LogP contribution in [0.4, 0.5) is 0 Å². The Morgan fingerprint density at radius 3 is 2.78 bits per heavy atom. The summed E-state index contributed by atoms with van der Waals surface area (Å²) in [4.78, 5) is 19.9. The first kappa shape index (κ1) is 17.9. The van der Waals surface area contributed by atoms with Crippen molar-refractivity contribution in [2.75, 3.05) is 20.2 Å². The van der Waals surface area contributed by atoms with E-state index < -0.39 is 0 Å². The number of thiazole rings is 1. The van der Waals surface area contributed by atoms with Crippen molar-refractivity contribution in [2.24, 2.45) is 0 Å². The molecule has 0 saturated carbocycles. The van der Waals surface area contributed by atoms with Crippen LogP contribution < -0.4 is 4.74 Å². The molecular formula is C19H22N4O3S. The second-order valence-corrected chi connectivity index (χ2v) is 7.63. The van der Waals surface area contributed by atoms with E-state index >= 15 is 0 Å². The Morgan fingerprint density at radius 2 is 2.11 bits per heavy atom. The first-order valence-electron chi connectivity index (χ1n) is 9.07. The molecule has 8 heteroatoms. The number of ketones is 1. The number of carbonyl (C=O) groups excluding carboxylic acids is 1. The smallest absolute Gasteiger partial charge is 0.230 e. The Morgan fingerprint density at radius 1 is 1.33 bits per heavy atom. The van der Waals surface area contributed by atoms with Crippen molar-refractivity contribution in [3.05, 3.63) is 40.5 Å². The summed E-state index contributed by atoms with van der Waals surface area (Å²) in [7, 11) is 1.64. The van der Waals surface area contributed by atoms with Crippen molar-refractivity contribution in [1.29, 1.82) is 0 Å². The summed E-state index contributed by atoms with van der Waals surface area (Å²) in [5, 5.41) is 15.3. The van der Waals surface area contributed by atoms with Crippen LogP contribution >= 0.6 is 11.3 Å². The molecule has 0 spiro atoms. The fourth-order valence-electron chi connectivity index (χ4n) is 3.49. The van der Waals surface area contributed by atoms with E-state index in [2.05, 4.69) is 15.0 Å². The van der Waals surface area contributed by atoms with Gasteiger partial charge in [0.25, 0.3) is 0 Å². The van der Waals surface area contributed by atoms with Crippen molar-refractivity contribution in [1.82, 2.24) is 19.5 Å². The van der Waals surface area contributed by atoms with Crippen molar-refractivity contribution < 1.29 is 14.6 Å². The molecule has 0 radical (unpaired) electrons. The van der Waals surface area contributed by atoms with Crippen LogP contribution in [0.25, 0.3) is 4.96 Å². The average molecular weight is 386 g/mol. The number of aryl methyl sites for hydroxylation is 1. The number of hydrogen-bond acceptors (Lipinski definition) is 7. The van der Waals surface area contributed by atoms with Crippen molar-refractivity contribution >= 4 is 22.1 Å². The van der Waals surface area contributed by atoms with E-state index in [1.54, 1.807) is 7.11 Å². The normalized spacial score (nSPS) is 16.7. The number of rotatable bonds is 5. The molecule has 2 aromatic heterocycles. The number of ether oxygens (including phenoxy) is 1. The van der Waals surface area contributed by atoms with Gasteiger partial charge in [-0.25, -0.2) is 4.98 Å². The van der Waals surface area contributed by atoms with E-state index in [0.29, 0.717) is 36.7 Å². The molecule has 1 fully saturated rings. The zero-order valence-electron chi connectivity index (χ0n) is 15.4. The Balaban J connectivity index is 1.80. The number of hydrogen-bond donors (Lipinski definition) is 1. The summed E-state index contributed by atoms with van der Waals surface area (Å²) in [5.74, 6) is 1.88. The summed E-state index contributed by atoms with van der Waals surface area (Å²) < 4.78 is 6.90. The Labute approximate surface area is 161 Å². The molecule has 7 nitrogen and oxygen atoms in total. The quantitative estimate of drug-likeness (QED) is 0.726. The zero-order chi connectivity index (χ0) is 19.0. The van der Waals surface area contributed by atoms with E-state index in [4.69, 9.17) is 4.74 Å². The van der Waals surface area contributed by atoms with Crippen LogP contribution in [0.5, 0.6) is 11.6 Å². The number of carbonyl (C=O) groups is 1. The van der Waals surface area contributed by atoms with Crippen molar-refractivity contribution in [3.63, 3.8) is 0 Å². The first-order chi connectivity index (χ1) is 13.1. The molecule has 0 aliphatic carbocycles. The molecule has 1 atom stereocenters. The van der Waals surface area contributed by atoms with Crippen LogP contribution in [0.15, 0.2) is 24.3 Å². The Hall–Kier alpha value is -2.45. The number of piperidine rings is 1.